The molecule has 0 unspecified atom stereocenters. The topological polar surface area (TPSA) is 66.5 Å². The SMILES string of the molecule is CC(C)(C)OC(=O)CN1CCOCCOCCOCCOCC1. The second-order valence-electron chi connectivity index (χ2n) is 6.31. The number of rotatable bonds is 2. The molecule has 0 bridgehead atoms. The highest BCUT2D eigenvalue weighted by Crippen LogP contribution is 2.07. The van der Waals surface area contributed by atoms with Crippen LogP contribution in [0.5, 0.6) is 0 Å². The average Bonchev–Trinajstić information content (AvgIpc) is 2.45. The summed E-state index contributed by atoms with van der Waals surface area (Å²) in [5.74, 6) is -0.234. The number of carbonyl (C=O) groups is 1. The van der Waals surface area contributed by atoms with Gasteiger partial charge in [-0.2, -0.15) is 0 Å². The minimum absolute atomic E-state index is 0.233. The summed E-state index contributed by atoms with van der Waals surface area (Å²) in [7, 11) is 0. The van der Waals surface area contributed by atoms with Crippen LogP contribution in [0, 0.1) is 0 Å². The van der Waals surface area contributed by atoms with Crippen molar-refractivity contribution in [2.45, 2.75) is 26.4 Å². The first kappa shape index (κ1) is 20.3. The third-order valence-electron chi connectivity index (χ3n) is 2.99. The van der Waals surface area contributed by atoms with Crippen LogP contribution in [-0.2, 0) is 28.5 Å². The molecule has 0 aromatic heterocycles. The van der Waals surface area contributed by atoms with E-state index in [0.29, 0.717) is 65.9 Å². The predicted molar refractivity (Wildman–Crippen MR) is 85.6 cm³/mol. The van der Waals surface area contributed by atoms with E-state index in [2.05, 4.69) is 0 Å². The van der Waals surface area contributed by atoms with Gasteiger partial charge in [-0.05, 0) is 20.8 Å². The smallest absolute Gasteiger partial charge is 0.320 e. The summed E-state index contributed by atoms with van der Waals surface area (Å²) in [5.41, 5.74) is -0.473. The summed E-state index contributed by atoms with van der Waals surface area (Å²) in [6.45, 7) is 11.5. The molecule has 0 N–H and O–H groups in total. The van der Waals surface area contributed by atoms with Gasteiger partial charge in [-0.3, -0.25) is 9.69 Å². The lowest BCUT2D eigenvalue weighted by Gasteiger charge is -2.25. The van der Waals surface area contributed by atoms with E-state index < -0.39 is 5.60 Å². The monoisotopic (exact) mass is 333 g/mol. The van der Waals surface area contributed by atoms with Crippen molar-refractivity contribution in [2.75, 3.05) is 72.5 Å². The van der Waals surface area contributed by atoms with Crippen molar-refractivity contribution in [3.63, 3.8) is 0 Å². The van der Waals surface area contributed by atoms with Crippen LogP contribution in [0.15, 0.2) is 0 Å². The third-order valence-corrected chi connectivity index (χ3v) is 2.99. The highest BCUT2D eigenvalue weighted by molar-refractivity contribution is 5.72. The van der Waals surface area contributed by atoms with Gasteiger partial charge in [0.25, 0.3) is 0 Å². The minimum Gasteiger partial charge on any atom is -0.459 e. The lowest BCUT2D eigenvalue weighted by atomic mass is 10.2. The van der Waals surface area contributed by atoms with Crippen molar-refractivity contribution < 1.29 is 28.5 Å². The zero-order valence-corrected chi connectivity index (χ0v) is 14.7. The van der Waals surface area contributed by atoms with E-state index in [0.717, 1.165) is 0 Å². The molecule has 1 heterocycles. The van der Waals surface area contributed by atoms with Crippen molar-refractivity contribution in [3.05, 3.63) is 0 Å². The van der Waals surface area contributed by atoms with E-state index in [1.54, 1.807) is 0 Å². The molecule has 0 radical (unpaired) electrons. The highest BCUT2D eigenvalue weighted by Gasteiger charge is 2.19. The summed E-state index contributed by atoms with van der Waals surface area (Å²) in [6, 6.07) is 0. The molecule has 7 nitrogen and oxygen atoms in total. The fraction of sp³-hybridized carbons (Fsp3) is 0.938. The van der Waals surface area contributed by atoms with Gasteiger partial charge in [0, 0.05) is 13.1 Å². The molecule has 1 rings (SSSR count). The van der Waals surface area contributed by atoms with Crippen LogP contribution in [0.1, 0.15) is 20.8 Å². The van der Waals surface area contributed by atoms with Crippen LogP contribution in [0.25, 0.3) is 0 Å². The molecule has 0 aliphatic carbocycles. The molecule has 1 aliphatic heterocycles. The lowest BCUT2D eigenvalue weighted by molar-refractivity contribution is -0.156. The molecule has 0 atom stereocenters. The predicted octanol–water partition coefficient (Wildman–Crippen LogP) is 0.710. The number of hydrogen-bond acceptors (Lipinski definition) is 7. The van der Waals surface area contributed by atoms with Gasteiger partial charge in [-0.25, -0.2) is 0 Å². The van der Waals surface area contributed by atoms with E-state index in [4.69, 9.17) is 23.7 Å². The lowest BCUT2D eigenvalue weighted by Crippen LogP contribution is -2.38. The van der Waals surface area contributed by atoms with Crippen LogP contribution in [0.2, 0.25) is 0 Å². The molecule has 7 heteroatoms. The summed E-state index contributed by atoms with van der Waals surface area (Å²) < 4.78 is 27.2. The number of nitrogens with zero attached hydrogens (tertiary/aromatic N) is 1. The summed E-state index contributed by atoms with van der Waals surface area (Å²) >= 11 is 0. The Morgan fingerprint density at radius 2 is 1.22 bits per heavy atom. The molecule has 0 aromatic rings. The Balaban J connectivity index is 2.38. The normalized spacial score (nSPS) is 21.2. The van der Waals surface area contributed by atoms with Gasteiger partial charge in [0.1, 0.15) is 5.60 Å². The Hall–Kier alpha value is -0.730. The summed E-state index contributed by atoms with van der Waals surface area (Å²) in [4.78, 5) is 13.9. The Bertz CT molecular complexity index is 302. The first-order valence-electron chi connectivity index (χ1n) is 8.22. The maximum absolute atomic E-state index is 12.0. The molecular formula is C16H31NO6. The Morgan fingerprint density at radius 3 is 1.61 bits per heavy atom. The van der Waals surface area contributed by atoms with Crippen molar-refractivity contribution in [3.8, 4) is 0 Å². The molecule has 1 fully saturated rings. The van der Waals surface area contributed by atoms with Gasteiger partial charge in [0.15, 0.2) is 0 Å². The van der Waals surface area contributed by atoms with Gasteiger partial charge >= 0.3 is 5.97 Å². The molecular weight excluding hydrogens is 302 g/mol. The van der Waals surface area contributed by atoms with Crippen molar-refractivity contribution in [1.29, 1.82) is 0 Å². The zero-order chi connectivity index (χ0) is 17.0. The van der Waals surface area contributed by atoms with Crippen LogP contribution in [0.3, 0.4) is 0 Å². The third kappa shape index (κ3) is 12.4. The maximum atomic E-state index is 12.0. The second-order valence-corrected chi connectivity index (χ2v) is 6.31. The largest absolute Gasteiger partial charge is 0.459 e. The fourth-order valence-corrected chi connectivity index (χ4v) is 1.98. The Labute approximate surface area is 139 Å². The molecule has 1 saturated heterocycles. The Morgan fingerprint density at radius 1 is 0.826 bits per heavy atom. The van der Waals surface area contributed by atoms with Gasteiger partial charge < -0.3 is 23.7 Å². The molecule has 136 valence electrons. The van der Waals surface area contributed by atoms with E-state index in [1.807, 2.05) is 25.7 Å². The quantitative estimate of drug-likeness (QED) is 0.690. The van der Waals surface area contributed by atoms with Gasteiger partial charge in [0.05, 0.1) is 59.4 Å². The van der Waals surface area contributed by atoms with E-state index in [9.17, 15) is 4.79 Å². The van der Waals surface area contributed by atoms with Crippen LogP contribution < -0.4 is 0 Å². The zero-order valence-electron chi connectivity index (χ0n) is 14.7. The van der Waals surface area contributed by atoms with E-state index >= 15 is 0 Å². The molecule has 23 heavy (non-hydrogen) atoms. The number of hydrogen-bond donors (Lipinski definition) is 0. The first-order chi connectivity index (χ1) is 11.0. The molecule has 0 spiro atoms. The molecule has 0 saturated carbocycles. The van der Waals surface area contributed by atoms with Crippen LogP contribution >= 0.6 is 0 Å². The number of carbonyl (C=O) groups excluding carboxylic acids is 1. The van der Waals surface area contributed by atoms with Crippen molar-refractivity contribution in [2.24, 2.45) is 0 Å². The minimum atomic E-state index is -0.473. The molecule has 0 amide bonds. The van der Waals surface area contributed by atoms with Crippen LogP contribution in [-0.4, -0.2) is 89.0 Å². The number of esters is 1. The summed E-state index contributed by atoms with van der Waals surface area (Å²) in [5, 5.41) is 0. The fourth-order valence-electron chi connectivity index (χ4n) is 1.98. The number of ether oxygens (including phenoxy) is 5. The second kappa shape index (κ2) is 11.8. The van der Waals surface area contributed by atoms with Crippen molar-refractivity contribution in [1.82, 2.24) is 4.90 Å². The van der Waals surface area contributed by atoms with E-state index in [-0.39, 0.29) is 12.5 Å². The average molecular weight is 333 g/mol. The van der Waals surface area contributed by atoms with Gasteiger partial charge in [0.2, 0.25) is 0 Å². The highest BCUT2D eigenvalue weighted by atomic mass is 16.6. The van der Waals surface area contributed by atoms with Crippen molar-refractivity contribution >= 4 is 5.97 Å². The maximum Gasteiger partial charge on any atom is 0.320 e. The van der Waals surface area contributed by atoms with E-state index in [1.165, 1.54) is 0 Å². The standard InChI is InChI=1S/C16H31NO6/c1-16(2,3)23-15(18)14-17-4-6-19-8-10-21-12-13-22-11-9-20-7-5-17/h4-14H2,1-3H3. The molecule has 1 aliphatic rings. The molecule has 0 aromatic carbocycles. The van der Waals surface area contributed by atoms with Gasteiger partial charge in [-0.1, -0.05) is 0 Å². The Kier molecular flexibility index (Phi) is 10.4. The summed E-state index contributed by atoms with van der Waals surface area (Å²) in [6.07, 6.45) is 0. The van der Waals surface area contributed by atoms with Crippen LogP contribution in [0.4, 0.5) is 0 Å². The first-order valence-corrected chi connectivity index (χ1v) is 8.22. The van der Waals surface area contributed by atoms with Gasteiger partial charge in [-0.15, -0.1) is 0 Å².